The first-order chi connectivity index (χ1) is 7.69. The second-order valence-corrected chi connectivity index (χ2v) is 7.13. The summed E-state index contributed by atoms with van der Waals surface area (Å²) in [6, 6.07) is 4.73. The Morgan fingerprint density at radius 3 is 2.59 bits per heavy atom. The summed E-state index contributed by atoms with van der Waals surface area (Å²) in [6.45, 7) is 3.60. The summed E-state index contributed by atoms with van der Waals surface area (Å²) in [6.07, 6.45) is 0. The van der Waals surface area contributed by atoms with Crippen molar-refractivity contribution in [3.05, 3.63) is 27.7 Å². The second kappa shape index (κ2) is 5.24. The Labute approximate surface area is 115 Å². The Kier molecular flexibility index (Phi) is 4.60. The van der Waals surface area contributed by atoms with Gasteiger partial charge in [-0.05, 0) is 41.9 Å². The molecule has 0 radical (unpaired) electrons. The normalized spacial score (nSPS) is 12.8. The fourth-order valence-corrected chi connectivity index (χ4v) is 3.60. The van der Waals surface area contributed by atoms with E-state index in [1.165, 1.54) is 6.07 Å². The van der Waals surface area contributed by atoms with Gasteiger partial charge in [0, 0.05) is 16.6 Å². The highest BCUT2D eigenvalue weighted by Gasteiger charge is 2.27. The fourth-order valence-electron chi connectivity index (χ4n) is 1.15. The summed E-state index contributed by atoms with van der Waals surface area (Å²) < 4.78 is 27.3. The van der Waals surface area contributed by atoms with Gasteiger partial charge in [-0.25, -0.2) is 13.1 Å². The molecule has 4 nitrogen and oxygen atoms in total. The topological polar surface area (TPSA) is 72.2 Å². The van der Waals surface area contributed by atoms with Crippen LogP contribution in [0, 0.1) is 0 Å². The van der Waals surface area contributed by atoms with Crippen LogP contribution in [-0.4, -0.2) is 20.5 Å². The van der Waals surface area contributed by atoms with Crippen molar-refractivity contribution in [2.45, 2.75) is 24.3 Å². The second-order valence-electron chi connectivity index (χ2n) is 4.25. The Bertz CT molecular complexity index is 517. The van der Waals surface area contributed by atoms with E-state index in [0.29, 0.717) is 4.47 Å². The molecule has 0 spiro atoms. The zero-order valence-electron chi connectivity index (χ0n) is 9.50. The van der Waals surface area contributed by atoms with E-state index in [-0.39, 0.29) is 16.5 Å². The number of sulfonamides is 1. The molecule has 0 aliphatic carbocycles. The number of nitrogens with two attached hydrogens (primary N) is 1. The zero-order chi connectivity index (χ0) is 13.3. The number of hydrogen-bond acceptors (Lipinski definition) is 3. The van der Waals surface area contributed by atoms with Gasteiger partial charge < -0.3 is 5.73 Å². The number of rotatable bonds is 4. The van der Waals surface area contributed by atoms with E-state index in [1.807, 2.05) is 0 Å². The van der Waals surface area contributed by atoms with E-state index in [4.69, 9.17) is 17.3 Å². The molecule has 3 N–H and O–H groups in total. The average molecular weight is 342 g/mol. The lowest BCUT2D eigenvalue weighted by Gasteiger charge is -2.24. The molecule has 0 saturated carbocycles. The van der Waals surface area contributed by atoms with E-state index < -0.39 is 15.6 Å². The third-order valence-corrected chi connectivity index (χ3v) is 5.28. The van der Waals surface area contributed by atoms with Gasteiger partial charge in [0.05, 0.1) is 5.02 Å². The van der Waals surface area contributed by atoms with Crippen molar-refractivity contribution in [3.63, 3.8) is 0 Å². The van der Waals surface area contributed by atoms with Gasteiger partial charge in [0.25, 0.3) is 0 Å². The summed E-state index contributed by atoms with van der Waals surface area (Å²) in [5.41, 5.74) is 4.77. The van der Waals surface area contributed by atoms with E-state index in [9.17, 15) is 8.42 Å². The summed E-state index contributed by atoms with van der Waals surface area (Å²) in [5.74, 6) is 0. The van der Waals surface area contributed by atoms with Gasteiger partial charge in [-0.15, -0.1) is 0 Å². The Hall–Kier alpha value is -0.140. The smallest absolute Gasteiger partial charge is 0.242 e. The molecule has 1 aromatic rings. The van der Waals surface area contributed by atoms with Crippen molar-refractivity contribution in [3.8, 4) is 0 Å². The van der Waals surface area contributed by atoms with Crippen LogP contribution in [0.15, 0.2) is 27.6 Å². The maximum absolute atomic E-state index is 12.1. The first-order valence-corrected chi connectivity index (χ1v) is 7.53. The van der Waals surface area contributed by atoms with E-state index in [2.05, 4.69) is 20.7 Å². The lowest BCUT2D eigenvalue weighted by Crippen LogP contribution is -2.48. The predicted molar refractivity (Wildman–Crippen MR) is 72.6 cm³/mol. The molecule has 0 amide bonds. The van der Waals surface area contributed by atoms with Crippen LogP contribution in [0.4, 0.5) is 0 Å². The van der Waals surface area contributed by atoms with Gasteiger partial charge in [0.1, 0.15) is 4.90 Å². The van der Waals surface area contributed by atoms with Crippen LogP contribution >= 0.6 is 27.5 Å². The highest BCUT2D eigenvalue weighted by Crippen LogP contribution is 2.29. The standard InChI is InChI=1S/C10H14BrClN2O2S/c1-10(2,6-13)14-17(15,16)8-5-3-4-7(11)9(8)12/h3-5,14H,6,13H2,1-2H3. The zero-order valence-corrected chi connectivity index (χ0v) is 12.7. The third kappa shape index (κ3) is 3.66. The molecular weight excluding hydrogens is 328 g/mol. The Morgan fingerprint density at radius 1 is 1.47 bits per heavy atom. The first-order valence-electron chi connectivity index (χ1n) is 4.88. The van der Waals surface area contributed by atoms with Gasteiger partial charge >= 0.3 is 0 Å². The number of hydrogen-bond donors (Lipinski definition) is 2. The lowest BCUT2D eigenvalue weighted by atomic mass is 10.1. The van der Waals surface area contributed by atoms with Crippen molar-refractivity contribution in [2.75, 3.05) is 6.54 Å². The van der Waals surface area contributed by atoms with Crippen LogP contribution in [0.5, 0.6) is 0 Å². The molecule has 0 aliphatic rings. The molecule has 0 atom stereocenters. The number of halogens is 2. The van der Waals surface area contributed by atoms with Gasteiger partial charge in [-0.2, -0.15) is 0 Å². The summed E-state index contributed by atoms with van der Waals surface area (Å²) in [5, 5.41) is 0.160. The van der Waals surface area contributed by atoms with E-state index >= 15 is 0 Å². The van der Waals surface area contributed by atoms with Gasteiger partial charge in [-0.3, -0.25) is 0 Å². The Morgan fingerprint density at radius 2 is 2.06 bits per heavy atom. The van der Waals surface area contributed by atoms with Gasteiger partial charge in [-0.1, -0.05) is 17.7 Å². The fraction of sp³-hybridized carbons (Fsp3) is 0.400. The molecule has 0 heterocycles. The lowest BCUT2D eigenvalue weighted by molar-refractivity contribution is 0.462. The van der Waals surface area contributed by atoms with Crippen LogP contribution in [-0.2, 0) is 10.0 Å². The average Bonchev–Trinajstić information content (AvgIpc) is 2.20. The predicted octanol–water partition coefficient (Wildman–Crippen LogP) is 2.12. The van der Waals surface area contributed by atoms with Crippen molar-refractivity contribution in [1.29, 1.82) is 0 Å². The molecule has 0 saturated heterocycles. The minimum Gasteiger partial charge on any atom is -0.329 e. The number of nitrogens with one attached hydrogen (secondary N) is 1. The summed E-state index contributed by atoms with van der Waals surface area (Å²) in [7, 11) is -3.68. The largest absolute Gasteiger partial charge is 0.329 e. The maximum atomic E-state index is 12.1. The summed E-state index contributed by atoms with van der Waals surface area (Å²) >= 11 is 9.14. The molecule has 7 heteroatoms. The summed E-state index contributed by atoms with van der Waals surface area (Å²) in [4.78, 5) is 0.0371. The van der Waals surface area contributed by atoms with Crippen molar-refractivity contribution in [1.82, 2.24) is 4.72 Å². The molecule has 96 valence electrons. The molecule has 17 heavy (non-hydrogen) atoms. The maximum Gasteiger partial charge on any atom is 0.242 e. The quantitative estimate of drug-likeness (QED) is 0.881. The van der Waals surface area contributed by atoms with Crippen LogP contribution < -0.4 is 10.5 Å². The van der Waals surface area contributed by atoms with E-state index in [0.717, 1.165) is 0 Å². The highest BCUT2D eigenvalue weighted by atomic mass is 79.9. The van der Waals surface area contributed by atoms with Gasteiger partial charge in [0.15, 0.2) is 0 Å². The molecule has 0 unspecified atom stereocenters. The highest BCUT2D eigenvalue weighted by molar-refractivity contribution is 9.10. The van der Waals surface area contributed by atoms with Crippen molar-refractivity contribution < 1.29 is 8.42 Å². The third-order valence-electron chi connectivity index (χ3n) is 2.13. The van der Waals surface area contributed by atoms with Crippen LogP contribution in [0.1, 0.15) is 13.8 Å². The molecule has 0 aliphatic heterocycles. The molecule has 0 aromatic heterocycles. The molecule has 0 bridgehead atoms. The van der Waals surface area contributed by atoms with Crippen molar-refractivity contribution in [2.24, 2.45) is 5.73 Å². The SMILES string of the molecule is CC(C)(CN)NS(=O)(=O)c1cccc(Br)c1Cl. The minimum atomic E-state index is -3.68. The Balaban J connectivity index is 3.19. The number of benzene rings is 1. The monoisotopic (exact) mass is 340 g/mol. The van der Waals surface area contributed by atoms with E-state index in [1.54, 1.807) is 26.0 Å². The molecule has 0 fully saturated rings. The van der Waals surface area contributed by atoms with Crippen LogP contribution in [0.3, 0.4) is 0 Å². The molecular formula is C10H14BrClN2O2S. The molecule has 1 rings (SSSR count). The minimum absolute atomic E-state index is 0.0371. The van der Waals surface area contributed by atoms with Crippen LogP contribution in [0.2, 0.25) is 5.02 Å². The first kappa shape index (κ1) is 14.9. The molecule has 1 aromatic carbocycles. The van der Waals surface area contributed by atoms with Crippen LogP contribution in [0.25, 0.3) is 0 Å². The van der Waals surface area contributed by atoms with Gasteiger partial charge in [0.2, 0.25) is 10.0 Å². The van der Waals surface area contributed by atoms with Crippen molar-refractivity contribution >= 4 is 37.6 Å².